The second-order valence-corrected chi connectivity index (χ2v) is 5.89. The van der Waals surface area contributed by atoms with E-state index < -0.39 is 0 Å². The van der Waals surface area contributed by atoms with Crippen molar-refractivity contribution in [2.75, 3.05) is 20.2 Å². The standard InChI is InChI=1S/C12H18N2OS/c1-14-4-2-9(13)7-10(14)11-6-8-3-5-15-12(8)16-11/h6,9-10H,2-5,7,13H2,1H3. The average molecular weight is 238 g/mol. The van der Waals surface area contributed by atoms with Gasteiger partial charge in [0.15, 0.2) is 5.06 Å². The minimum Gasteiger partial charge on any atom is -0.483 e. The number of hydrogen-bond acceptors (Lipinski definition) is 4. The van der Waals surface area contributed by atoms with Crippen LogP contribution >= 0.6 is 11.3 Å². The lowest BCUT2D eigenvalue weighted by atomic mass is 9.97. The number of ether oxygens (including phenoxy) is 1. The minimum atomic E-state index is 0.360. The second-order valence-electron chi connectivity index (χ2n) is 4.84. The van der Waals surface area contributed by atoms with Crippen LogP contribution in [0.1, 0.15) is 29.3 Å². The summed E-state index contributed by atoms with van der Waals surface area (Å²) in [6.07, 6.45) is 3.28. The molecule has 0 aliphatic carbocycles. The highest BCUT2D eigenvalue weighted by molar-refractivity contribution is 7.14. The lowest BCUT2D eigenvalue weighted by molar-refractivity contribution is 0.174. The van der Waals surface area contributed by atoms with Crippen LogP contribution in [0.2, 0.25) is 0 Å². The van der Waals surface area contributed by atoms with Gasteiger partial charge < -0.3 is 10.5 Å². The van der Waals surface area contributed by atoms with Crippen LogP contribution in [0.4, 0.5) is 0 Å². The Hall–Kier alpha value is -0.580. The first-order valence-electron chi connectivity index (χ1n) is 5.95. The molecule has 0 amide bonds. The fraction of sp³-hybridized carbons (Fsp3) is 0.667. The molecular weight excluding hydrogens is 220 g/mol. The first kappa shape index (κ1) is 10.6. The van der Waals surface area contributed by atoms with Crippen molar-refractivity contribution >= 4 is 11.3 Å². The van der Waals surface area contributed by atoms with E-state index in [2.05, 4.69) is 18.0 Å². The number of nitrogens with two attached hydrogens (primary N) is 1. The summed E-state index contributed by atoms with van der Waals surface area (Å²) in [6.45, 7) is 1.97. The Kier molecular flexibility index (Phi) is 2.65. The highest BCUT2D eigenvalue weighted by Crippen LogP contribution is 2.41. The van der Waals surface area contributed by atoms with Crippen molar-refractivity contribution in [2.24, 2.45) is 5.73 Å². The van der Waals surface area contributed by atoms with Crippen LogP contribution in [0.3, 0.4) is 0 Å². The summed E-state index contributed by atoms with van der Waals surface area (Å²) < 4.78 is 5.60. The third-order valence-corrected chi connectivity index (χ3v) is 4.82. The monoisotopic (exact) mass is 238 g/mol. The normalized spacial score (nSPS) is 30.1. The van der Waals surface area contributed by atoms with Crippen molar-refractivity contribution in [3.63, 3.8) is 0 Å². The lowest BCUT2D eigenvalue weighted by Gasteiger charge is -2.35. The molecule has 3 rings (SSSR count). The number of rotatable bonds is 1. The predicted molar refractivity (Wildman–Crippen MR) is 66.1 cm³/mol. The lowest BCUT2D eigenvalue weighted by Crippen LogP contribution is -2.39. The molecule has 2 N–H and O–H groups in total. The van der Waals surface area contributed by atoms with Crippen molar-refractivity contribution in [3.8, 4) is 5.06 Å². The van der Waals surface area contributed by atoms with E-state index in [1.54, 1.807) is 0 Å². The maximum absolute atomic E-state index is 6.06. The Morgan fingerprint density at radius 1 is 1.56 bits per heavy atom. The summed E-state index contributed by atoms with van der Waals surface area (Å²) >= 11 is 1.81. The molecular formula is C12H18N2OS. The van der Waals surface area contributed by atoms with Crippen LogP contribution in [0.5, 0.6) is 5.06 Å². The zero-order chi connectivity index (χ0) is 11.1. The number of nitrogens with zero attached hydrogens (tertiary/aromatic N) is 1. The molecule has 88 valence electrons. The largest absolute Gasteiger partial charge is 0.483 e. The van der Waals surface area contributed by atoms with Gasteiger partial charge in [-0.15, -0.1) is 11.3 Å². The van der Waals surface area contributed by atoms with E-state index in [0.717, 1.165) is 37.5 Å². The summed E-state index contributed by atoms with van der Waals surface area (Å²) in [4.78, 5) is 3.85. The molecule has 1 aromatic heterocycles. The van der Waals surface area contributed by atoms with Gasteiger partial charge in [0.2, 0.25) is 0 Å². The molecule has 3 nitrogen and oxygen atoms in total. The molecule has 0 saturated carbocycles. The van der Waals surface area contributed by atoms with Crippen LogP contribution in [0.15, 0.2) is 6.07 Å². The molecule has 0 radical (unpaired) electrons. The van der Waals surface area contributed by atoms with E-state index in [1.807, 2.05) is 11.3 Å². The Balaban J connectivity index is 1.84. The van der Waals surface area contributed by atoms with Gasteiger partial charge in [0, 0.05) is 28.9 Å². The zero-order valence-electron chi connectivity index (χ0n) is 9.61. The summed E-state index contributed by atoms with van der Waals surface area (Å²) in [6, 6.07) is 3.19. The van der Waals surface area contributed by atoms with E-state index in [4.69, 9.17) is 10.5 Å². The van der Waals surface area contributed by atoms with Gasteiger partial charge in [-0.05, 0) is 32.5 Å². The third-order valence-electron chi connectivity index (χ3n) is 3.63. The minimum absolute atomic E-state index is 0.360. The van der Waals surface area contributed by atoms with Crippen molar-refractivity contribution in [1.82, 2.24) is 4.90 Å². The van der Waals surface area contributed by atoms with Crippen molar-refractivity contribution in [3.05, 3.63) is 16.5 Å². The van der Waals surface area contributed by atoms with E-state index in [1.165, 1.54) is 10.4 Å². The van der Waals surface area contributed by atoms with Gasteiger partial charge in [0.1, 0.15) is 0 Å². The van der Waals surface area contributed by atoms with Gasteiger partial charge in [0.25, 0.3) is 0 Å². The second kappa shape index (κ2) is 4.02. The zero-order valence-corrected chi connectivity index (χ0v) is 10.4. The molecule has 4 heteroatoms. The molecule has 1 fully saturated rings. The molecule has 2 aliphatic rings. The van der Waals surface area contributed by atoms with E-state index in [0.29, 0.717) is 12.1 Å². The van der Waals surface area contributed by atoms with Crippen LogP contribution in [-0.4, -0.2) is 31.1 Å². The molecule has 2 unspecified atom stereocenters. The van der Waals surface area contributed by atoms with E-state index in [-0.39, 0.29) is 0 Å². The van der Waals surface area contributed by atoms with E-state index >= 15 is 0 Å². The molecule has 0 spiro atoms. The molecule has 2 atom stereocenters. The smallest absolute Gasteiger partial charge is 0.177 e. The summed E-state index contributed by atoms with van der Waals surface area (Å²) in [5, 5.41) is 1.14. The molecule has 0 bridgehead atoms. The van der Waals surface area contributed by atoms with Gasteiger partial charge in [-0.1, -0.05) is 0 Å². The quantitative estimate of drug-likeness (QED) is 0.810. The Labute approximate surface area is 100 Å². The maximum Gasteiger partial charge on any atom is 0.177 e. The van der Waals surface area contributed by atoms with Crippen LogP contribution in [-0.2, 0) is 6.42 Å². The summed E-state index contributed by atoms with van der Waals surface area (Å²) in [5.41, 5.74) is 7.46. The summed E-state index contributed by atoms with van der Waals surface area (Å²) in [5.74, 6) is 0. The molecule has 1 saturated heterocycles. The van der Waals surface area contributed by atoms with Gasteiger partial charge in [-0.25, -0.2) is 0 Å². The Bertz CT molecular complexity index is 369. The molecule has 1 aromatic rings. The van der Waals surface area contributed by atoms with Gasteiger partial charge in [-0.2, -0.15) is 0 Å². The number of likely N-dealkylation sites (tertiary alicyclic amines) is 1. The first-order valence-corrected chi connectivity index (χ1v) is 6.77. The SMILES string of the molecule is CN1CCC(N)CC1c1cc2c(s1)OCC2. The van der Waals surface area contributed by atoms with Gasteiger partial charge in [0.05, 0.1) is 6.61 Å². The van der Waals surface area contributed by atoms with Gasteiger partial charge >= 0.3 is 0 Å². The maximum atomic E-state index is 6.06. The number of fused-ring (bicyclic) bond motifs is 1. The van der Waals surface area contributed by atoms with Crippen LogP contribution in [0, 0.1) is 0 Å². The Morgan fingerprint density at radius 2 is 2.44 bits per heavy atom. The van der Waals surface area contributed by atoms with Crippen molar-refractivity contribution in [2.45, 2.75) is 31.3 Å². The topological polar surface area (TPSA) is 38.5 Å². The molecule has 0 aromatic carbocycles. The van der Waals surface area contributed by atoms with Crippen molar-refractivity contribution < 1.29 is 4.74 Å². The third kappa shape index (κ3) is 1.75. The highest BCUT2D eigenvalue weighted by Gasteiger charge is 2.28. The molecule has 2 aliphatic heterocycles. The summed E-state index contributed by atoms with van der Waals surface area (Å²) in [7, 11) is 2.20. The molecule has 3 heterocycles. The van der Waals surface area contributed by atoms with Crippen LogP contribution in [0.25, 0.3) is 0 Å². The average Bonchev–Trinajstić information content (AvgIpc) is 2.81. The number of thiophene rings is 1. The van der Waals surface area contributed by atoms with Gasteiger partial charge in [-0.3, -0.25) is 4.90 Å². The van der Waals surface area contributed by atoms with Crippen molar-refractivity contribution in [1.29, 1.82) is 0 Å². The predicted octanol–water partition coefficient (Wildman–Crippen LogP) is 1.78. The van der Waals surface area contributed by atoms with Crippen LogP contribution < -0.4 is 10.5 Å². The van der Waals surface area contributed by atoms with E-state index in [9.17, 15) is 0 Å². The number of hydrogen-bond donors (Lipinski definition) is 1. The first-order chi connectivity index (χ1) is 7.74. The Morgan fingerprint density at radius 3 is 3.25 bits per heavy atom. The number of piperidine rings is 1. The highest BCUT2D eigenvalue weighted by atomic mass is 32.1. The molecule has 16 heavy (non-hydrogen) atoms. The fourth-order valence-corrected chi connectivity index (χ4v) is 3.85. The fourth-order valence-electron chi connectivity index (χ4n) is 2.59.